The molecule has 2 fully saturated rings. The normalized spacial score (nSPS) is 29.0. The summed E-state index contributed by atoms with van der Waals surface area (Å²) in [7, 11) is 1.64. The van der Waals surface area contributed by atoms with Crippen LogP contribution in [0.15, 0.2) is 24.3 Å². The summed E-state index contributed by atoms with van der Waals surface area (Å²) in [6.07, 6.45) is 1.53. The number of likely N-dealkylation sites (tertiary alicyclic amines) is 1. The average molecular weight is 246 g/mol. The Labute approximate surface area is 107 Å². The quantitative estimate of drug-likeness (QED) is 0.858. The molecule has 1 heterocycles. The Kier molecular flexibility index (Phi) is 2.55. The fourth-order valence-corrected chi connectivity index (χ4v) is 2.75. The molecule has 1 saturated carbocycles. The summed E-state index contributed by atoms with van der Waals surface area (Å²) in [5, 5.41) is 0. The minimum atomic E-state index is -0.0600. The molecule has 1 aliphatic heterocycles. The standard InChI is InChI=1S/C14H18N2O2/c1-18-12-4-2-10(3-5-12)6-13(17)16-8-11-7-14(11,15)9-16/h2-5,11H,6-9,15H2,1H3/t11-,14+/m0/s1. The van der Waals surface area contributed by atoms with Gasteiger partial charge in [-0.3, -0.25) is 4.79 Å². The predicted molar refractivity (Wildman–Crippen MR) is 68.3 cm³/mol. The van der Waals surface area contributed by atoms with Gasteiger partial charge in [0.25, 0.3) is 0 Å². The second-order valence-corrected chi connectivity index (χ2v) is 5.43. The van der Waals surface area contributed by atoms with Crippen LogP contribution in [-0.2, 0) is 11.2 Å². The van der Waals surface area contributed by atoms with E-state index in [1.807, 2.05) is 29.2 Å². The Balaban J connectivity index is 1.60. The molecule has 2 aliphatic rings. The van der Waals surface area contributed by atoms with E-state index in [0.717, 1.165) is 30.8 Å². The van der Waals surface area contributed by atoms with Gasteiger partial charge in [-0.15, -0.1) is 0 Å². The number of nitrogens with two attached hydrogens (primary N) is 1. The molecule has 0 spiro atoms. The number of carbonyl (C=O) groups is 1. The lowest BCUT2D eigenvalue weighted by atomic mass is 10.1. The maximum Gasteiger partial charge on any atom is 0.227 e. The van der Waals surface area contributed by atoms with Crippen molar-refractivity contribution in [3.63, 3.8) is 0 Å². The molecule has 0 unspecified atom stereocenters. The summed E-state index contributed by atoms with van der Waals surface area (Å²) >= 11 is 0. The van der Waals surface area contributed by atoms with E-state index in [1.54, 1.807) is 7.11 Å². The molecule has 4 heteroatoms. The Morgan fingerprint density at radius 1 is 1.50 bits per heavy atom. The molecule has 96 valence electrons. The number of ether oxygens (including phenoxy) is 1. The van der Waals surface area contributed by atoms with E-state index in [2.05, 4.69) is 0 Å². The average Bonchev–Trinajstić information content (AvgIpc) is 2.88. The lowest BCUT2D eigenvalue weighted by molar-refractivity contribution is -0.130. The number of hydrogen-bond acceptors (Lipinski definition) is 3. The zero-order chi connectivity index (χ0) is 12.8. The monoisotopic (exact) mass is 246 g/mol. The molecule has 0 radical (unpaired) electrons. The summed E-state index contributed by atoms with van der Waals surface area (Å²) in [4.78, 5) is 14.0. The Morgan fingerprint density at radius 2 is 2.22 bits per heavy atom. The van der Waals surface area contributed by atoms with E-state index >= 15 is 0 Å². The summed E-state index contributed by atoms with van der Waals surface area (Å²) in [5.41, 5.74) is 7.06. The molecule has 1 saturated heterocycles. The molecule has 0 bridgehead atoms. The number of amides is 1. The molecule has 2 atom stereocenters. The molecule has 4 nitrogen and oxygen atoms in total. The van der Waals surface area contributed by atoms with Gasteiger partial charge in [0, 0.05) is 18.6 Å². The van der Waals surface area contributed by atoms with Gasteiger partial charge >= 0.3 is 0 Å². The Hall–Kier alpha value is -1.55. The van der Waals surface area contributed by atoms with Gasteiger partial charge in [-0.1, -0.05) is 12.1 Å². The first kappa shape index (κ1) is 11.5. The van der Waals surface area contributed by atoms with Crippen molar-refractivity contribution in [2.75, 3.05) is 20.2 Å². The highest BCUT2D eigenvalue weighted by Crippen LogP contribution is 2.47. The molecule has 1 amide bonds. The van der Waals surface area contributed by atoms with Crippen LogP contribution in [0.25, 0.3) is 0 Å². The summed E-state index contributed by atoms with van der Waals surface area (Å²) in [6, 6.07) is 7.64. The molecule has 0 aromatic heterocycles. The fraction of sp³-hybridized carbons (Fsp3) is 0.500. The number of carbonyl (C=O) groups excluding carboxylic acids is 1. The van der Waals surface area contributed by atoms with Crippen molar-refractivity contribution in [2.24, 2.45) is 11.7 Å². The first-order valence-electron chi connectivity index (χ1n) is 6.30. The van der Waals surface area contributed by atoms with Crippen LogP contribution < -0.4 is 10.5 Å². The van der Waals surface area contributed by atoms with Crippen molar-refractivity contribution >= 4 is 5.91 Å². The van der Waals surface area contributed by atoms with E-state index in [9.17, 15) is 4.79 Å². The van der Waals surface area contributed by atoms with Crippen LogP contribution in [0, 0.1) is 5.92 Å². The molecule has 2 N–H and O–H groups in total. The first-order chi connectivity index (χ1) is 8.60. The van der Waals surface area contributed by atoms with Gasteiger partial charge in [-0.25, -0.2) is 0 Å². The van der Waals surface area contributed by atoms with E-state index in [0.29, 0.717) is 12.3 Å². The van der Waals surface area contributed by atoms with Gasteiger partial charge in [-0.05, 0) is 30.0 Å². The Bertz CT molecular complexity index is 471. The highest BCUT2D eigenvalue weighted by atomic mass is 16.5. The highest BCUT2D eigenvalue weighted by molar-refractivity contribution is 5.79. The van der Waals surface area contributed by atoms with Crippen molar-refractivity contribution in [1.82, 2.24) is 4.90 Å². The largest absolute Gasteiger partial charge is 0.497 e. The lowest BCUT2D eigenvalue weighted by Crippen LogP contribution is -2.37. The van der Waals surface area contributed by atoms with Gasteiger partial charge in [0.2, 0.25) is 5.91 Å². The number of fused-ring (bicyclic) bond motifs is 1. The van der Waals surface area contributed by atoms with Crippen molar-refractivity contribution in [2.45, 2.75) is 18.4 Å². The zero-order valence-electron chi connectivity index (χ0n) is 10.6. The number of nitrogens with zero attached hydrogens (tertiary/aromatic N) is 1. The van der Waals surface area contributed by atoms with Gasteiger partial charge < -0.3 is 15.4 Å². The second kappa shape index (κ2) is 3.99. The Morgan fingerprint density at radius 3 is 2.78 bits per heavy atom. The van der Waals surface area contributed by atoms with Gasteiger partial charge in [-0.2, -0.15) is 0 Å². The summed E-state index contributed by atoms with van der Waals surface area (Å²) in [5.74, 6) is 1.53. The van der Waals surface area contributed by atoms with Gasteiger partial charge in [0.05, 0.1) is 13.5 Å². The third-order valence-electron chi connectivity index (χ3n) is 4.07. The van der Waals surface area contributed by atoms with E-state index in [-0.39, 0.29) is 11.4 Å². The van der Waals surface area contributed by atoms with Crippen LogP contribution in [0.2, 0.25) is 0 Å². The zero-order valence-corrected chi connectivity index (χ0v) is 10.6. The summed E-state index contributed by atoms with van der Waals surface area (Å²) < 4.78 is 5.10. The maximum atomic E-state index is 12.1. The minimum Gasteiger partial charge on any atom is -0.497 e. The van der Waals surface area contributed by atoms with Crippen molar-refractivity contribution in [3.8, 4) is 5.75 Å². The van der Waals surface area contributed by atoms with E-state index in [1.165, 1.54) is 0 Å². The molecule has 1 aromatic rings. The van der Waals surface area contributed by atoms with Crippen LogP contribution in [0.5, 0.6) is 5.75 Å². The predicted octanol–water partition coefficient (Wildman–Crippen LogP) is 0.797. The topological polar surface area (TPSA) is 55.6 Å². The van der Waals surface area contributed by atoms with E-state index < -0.39 is 0 Å². The molecular weight excluding hydrogens is 228 g/mol. The van der Waals surface area contributed by atoms with Crippen molar-refractivity contribution < 1.29 is 9.53 Å². The first-order valence-corrected chi connectivity index (χ1v) is 6.30. The minimum absolute atomic E-state index is 0.0600. The molecule has 3 rings (SSSR count). The SMILES string of the molecule is COc1ccc(CC(=O)N2C[C@@H]3C[C@@]3(N)C2)cc1. The smallest absolute Gasteiger partial charge is 0.227 e. The van der Waals surface area contributed by atoms with Crippen molar-refractivity contribution in [1.29, 1.82) is 0 Å². The molecule has 1 aliphatic carbocycles. The number of piperidine rings is 1. The van der Waals surface area contributed by atoms with E-state index in [4.69, 9.17) is 10.5 Å². The lowest BCUT2D eigenvalue weighted by Gasteiger charge is -2.19. The highest BCUT2D eigenvalue weighted by Gasteiger charge is 2.58. The molecule has 18 heavy (non-hydrogen) atoms. The molecular formula is C14H18N2O2. The number of benzene rings is 1. The van der Waals surface area contributed by atoms with Crippen LogP contribution in [-0.4, -0.2) is 36.5 Å². The third kappa shape index (κ3) is 1.97. The van der Waals surface area contributed by atoms with Gasteiger partial charge in [0.15, 0.2) is 0 Å². The number of methoxy groups -OCH3 is 1. The van der Waals surface area contributed by atoms with Crippen LogP contribution in [0.1, 0.15) is 12.0 Å². The maximum absolute atomic E-state index is 12.1. The summed E-state index contributed by atoms with van der Waals surface area (Å²) in [6.45, 7) is 1.57. The van der Waals surface area contributed by atoms with Crippen LogP contribution in [0.4, 0.5) is 0 Å². The van der Waals surface area contributed by atoms with Gasteiger partial charge in [0.1, 0.15) is 5.75 Å². The van der Waals surface area contributed by atoms with Crippen molar-refractivity contribution in [3.05, 3.63) is 29.8 Å². The van der Waals surface area contributed by atoms with Crippen LogP contribution >= 0.6 is 0 Å². The van der Waals surface area contributed by atoms with Crippen LogP contribution in [0.3, 0.4) is 0 Å². The number of rotatable bonds is 3. The molecule has 1 aromatic carbocycles. The second-order valence-electron chi connectivity index (χ2n) is 5.43. The third-order valence-corrected chi connectivity index (χ3v) is 4.07. The fourth-order valence-electron chi connectivity index (χ4n) is 2.75. The number of hydrogen-bond donors (Lipinski definition) is 1.